The first-order valence-corrected chi connectivity index (χ1v) is 13.7. The summed E-state index contributed by atoms with van der Waals surface area (Å²) in [6, 6.07) is 12.9. The number of aliphatic hydroxyl groups is 2. The number of hydrogen-bond acceptors (Lipinski definition) is 4. The SMILES string of the molecule is CCC(O)(/C=C/c1ccc(C(CC)(CC)c2ccc(OC[C@H](O)CCCC(=O)O)c(C)c2)cc1C)CC. The Morgan fingerprint density at radius 1 is 0.946 bits per heavy atom. The molecule has 5 nitrogen and oxygen atoms in total. The standard InChI is InChI=1S/C32H46O5/c1-7-31(36,8-2)19-18-25-14-15-26(20-23(25)5)32(9-3,10-4)27-16-17-29(24(6)21-27)37-22-28(33)12-11-13-30(34)35/h14-21,28,33,36H,7-13,22H2,1-6H3,(H,34,35)/b19-18+/t28-/m1/s1. The van der Waals surface area contributed by atoms with Gasteiger partial charge in [0, 0.05) is 11.8 Å². The minimum absolute atomic E-state index is 0.0529. The molecule has 0 unspecified atom stereocenters. The van der Waals surface area contributed by atoms with Crippen molar-refractivity contribution in [3.05, 3.63) is 70.3 Å². The number of carboxylic acids is 1. The number of rotatable bonds is 15. The molecule has 2 rings (SSSR count). The van der Waals surface area contributed by atoms with Gasteiger partial charge in [0.1, 0.15) is 12.4 Å². The van der Waals surface area contributed by atoms with Crippen molar-refractivity contribution in [2.75, 3.05) is 6.61 Å². The largest absolute Gasteiger partial charge is 0.491 e. The number of benzene rings is 2. The van der Waals surface area contributed by atoms with E-state index in [9.17, 15) is 15.0 Å². The van der Waals surface area contributed by atoms with Gasteiger partial charge in [-0.05, 0) is 86.3 Å². The van der Waals surface area contributed by atoms with Crippen LogP contribution in [0.2, 0.25) is 0 Å². The molecule has 0 fully saturated rings. The second-order valence-corrected chi connectivity index (χ2v) is 10.2. The molecule has 0 aliphatic rings. The van der Waals surface area contributed by atoms with Crippen LogP contribution < -0.4 is 4.74 Å². The van der Waals surface area contributed by atoms with Gasteiger partial charge in [-0.3, -0.25) is 4.79 Å². The molecule has 37 heavy (non-hydrogen) atoms. The molecule has 0 aromatic heterocycles. The van der Waals surface area contributed by atoms with Crippen molar-refractivity contribution in [3.8, 4) is 5.75 Å². The predicted molar refractivity (Wildman–Crippen MR) is 151 cm³/mol. The van der Waals surface area contributed by atoms with E-state index in [1.54, 1.807) is 0 Å². The number of aliphatic carboxylic acids is 1. The Hall–Kier alpha value is -2.63. The van der Waals surface area contributed by atoms with Crippen LogP contribution in [0.4, 0.5) is 0 Å². The summed E-state index contributed by atoms with van der Waals surface area (Å²) in [4.78, 5) is 10.7. The van der Waals surface area contributed by atoms with E-state index in [0.717, 1.165) is 29.7 Å². The molecule has 204 valence electrons. The molecular formula is C32H46O5. The average Bonchev–Trinajstić information content (AvgIpc) is 2.88. The molecule has 1 atom stereocenters. The molecule has 5 heteroatoms. The lowest BCUT2D eigenvalue weighted by Gasteiger charge is -2.34. The molecule has 0 spiro atoms. The van der Waals surface area contributed by atoms with Crippen LogP contribution in [-0.4, -0.2) is 39.6 Å². The molecule has 0 radical (unpaired) electrons. The third-order valence-corrected chi connectivity index (χ3v) is 7.91. The van der Waals surface area contributed by atoms with Crippen LogP contribution in [0.25, 0.3) is 6.08 Å². The van der Waals surface area contributed by atoms with E-state index in [1.807, 2.05) is 39.0 Å². The molecule has 0 saturated heterocycles. The number of aliphatic hydroxyl groups excluding tert-OH is 1. The fourth-order valence-electron chi connectivity index (χ4n) is 4.99. The lowest BCUT2D eigenvalue weighted by Crippen LogP contribution is -2.26. The van der Waals surface area contributed by atoms with Gasteiger partial charge in [0.2, 0.25) is 0 Å². The van der Waals surface area contributed by atoms with E-state index in [0.29, 0.717) is 25.7 Å². The summed E-state index contributed by atoms with van der Waals surface area (Å²) in [5.74, 6) is -0.116. The minimum atomic E-state index is -0.851. The van der Waals surface area contributed by atoms with E-state index < -0.39 is 17.7 Å². The lowest BCUT2D eigenvalue weighted by atomic mass is 9.70. The van der Waals surface area contributed by atoms with Crippen LogP contribution in [0.1, 0.15) is 100 Å². The molecule has 0 saturated carbocycles. The van der Waals surface area contributed by atoms with Crippen LogP contribution in [0.15, 0.2) is 42.5 Å². The molecule has 2 aromatic carbocycles. The van der Waals surface area contributed by atoms with E-state index in [1.165, 1.54) is 16.7 Å². The smallest absolute Gasteiger partial charge is 0.303 e. The van der Waals surface area contributed by atoms with Crippen molar-refractivity contribution < 1.29 is 24.9 Å². The summed E-state index contributed by atoms with van der Waals surface area (Å²) in [6.07, 6.45) is 7.44. The quantitative estimate of drug-likeness (QED) is 0.241. The lowest BCUT2D eigenvalue weighted by molar-refractivity contribution is -0.137. The van der Waals surface area contributed by atoms with Gasteiger partial charge in [0.15, 0.2) is 0 Å². The second-order valence-electron chi connectivity index (χ2n) is 10.2. The maximum absolute atomic E-state index is 10.7. The van der Waals surface area contributed by atoms with E-state index in [2.05, 4.69) is 51.1 Å². The van der Waals surface area contributed by atoms with Gasteiger partial charge >= 0.3 is 5.97 Å². The van der Waals surface area contributed by atoms with E-state index in [-0.39, 0.29) is 18.4 Å². The molecule has 0 amide bonds. The molecule has 0 aliphatic carbocycles. The summed E-state index contributed by atoms with van der Waals surface area (Å²) in [6.45, 7) is 12.7. The minimum Gasteiger partial charge on any atom is -0.491 e. The van der Waals surface area contributed by atoms with Crippen LogP contribution in [0.5, 0.6) is 5.75 Å². The van der Waals surface area contributed by atoms with Gasteiger partial charge < -0.3 is 20.1 Å². The predicted octanol–water partition coefficient (Wildman–Crippen LogP) is 6.97. The van der Waals surface area contributed by atoms with Crippen molar-refractivity contribution in [3.63, 3.8) is 0 Å². The van der Waals surface area contributed by atoms with E-state index in [4.69, 9.17) is 9.84 Å². The Labute approximate surface area is 223 Å². The zero-order valence-corrected chi connectivity index (χ0v) is 23.5. The first-order chi connectivity index (χ1) is 17.5. The molecule has 0 bridgehead atoms. The number of carboxylic acid groups (broad SMARTS) is 1. The molecule has 0 aliphatic heterocycles. The Morgan fingerprint density at radius 3 is 2.05 bits per heavy atom. The monoisotopic (exact) mass is 510 g/mol. The second kappa shape index (κ2) is 13.8. The summed E-state index contributed by atoms with van der Waals surface area (Å²) in [5, 5.41) is 29.5. The van der Waals surface area contributed by atoms with Gasteiger partial charge in [0.25, 0.3) is 0 Å². The number of ether oxygens (including phenoxy) is 1. The van der Waals surface area contributed by atoms with Crippen LogP contribution >= 0.6 is 0 Å². The molecule has 2 aromatic rings. The highest BCUT2D eigenvalue weighted by molar-refractivity contribution is 5.66. The van der Waals surface area contributed by atoms with Gasteiger partial charge in [-0.15, -0.1) is 0 Å². The van der Waals surface area contributed by atoms with Crippen molar-refractivity contribution >= 4 is 12.0 Å². The first-order valence-electron chi connectivity index (χ1n) is 13.7. The number of aryl methyl sites for hydroxylation is 2. The van der Waals surface area contributed by atoms with E-state index >= 15 is 0 Å². The Morgan fingerprint density at radius 2 is 1.54 bits per heavy atom. The van der Waals surface area contributed by atoms with Gasteiger partial charge in [-0.1, -0.05) is 70.2 Å². The fraction of sp³-hybridized carbons (Fsp3) is 0.531. The highest BCUT2D eigenvalue weighted by Gasteiger charge is 2.31. The maximum atomic E-state index is 10.7. The highest BCUT2D eigenvalue weighted by atomic mass is 16.5. The zero-order chi connectivity index (χ0) is 27.6. The summed E-state index contributed by atoms with van der Waals surface area (Å²) < 4.78 is 5.88. The van der Waals surface area contributed by atoms with Crippen LogP contribution in [0, 0.1) is 13.8 Å². The Balaban J connectivity index is 2.26. The van der Waals surface area contributed by atoms with Crippen LogP contribution in [0.3, 0.4) is 0 Å². The van der Waals surface area contributed by atoms with Gasteiger partial charge in [0.05, 0.1) is 11.7 Å². The summed E-state index contributed by atoms with van der Waals surface area (Å²) in [5.41, 5.74) is 4.91. The molecule has 0 heterocycles. The zero-order valence-electron chi connectivity index (χ0n) is 23.5. The summed E-state index contributed by atoms with van der Waals surface area (Å²) >= 11 is 0. The average molecular weight is 511 g/mol. The fourth-order valence-corrected chi connectivity index (χ4v) is 4.99. The molecule has 3 N–H and O–H groups in total. The number of hydrogen-bond donors (Lipinski definition) is 3. The number of carbonyl (C=O) groups is 1. The maximum Gasteiger partial charge on any atom is 0.303 e. The van der Waals surface area contributed by atoms with Gasteiger partial charge in [-0.2, -0.15) is 0 Å². The van der Waals surface area contributed by atoms with Crippen molar-refractivity contribution in [2.24, 2.45) is 0 Å². The van der Waals surface area contributed by atoms with Gasteiger partial charge in [-0.25, -0.2) is 0 Å². The van der Waals surface area contributed by atoms with Crippen molar-refractivity contribution in [1.82, 2.24) is 0 Å². The van der Waals surface area contributed by atoms with Crippen molar-refractivity contribution in [1.29, 1.82) is 0 Å². The topological polar surface area (TPSA) is 87.0 Å². The summed E-state index contributed by atoms with van der Waals surface area (Å²) in [7, 11) is 0. The Kier molecular flexibility index (Phi) is 11.4. The normalized spacial score (nSPS) is 13.2. The Bertz CT molecular complexity index is 1050. The third kappa shape index (κ3) is 7.93. The highest BCUT2D eigenvalue weighted by Crippen LogP contribution is 2.41. The molecular weight excluding hydrogens is 464 g/mol. The van der Waals surface area contributed by atoms with Crippen molar-refractivity contribution in [2.45, 2.75) is 104 Å². The first kappa shape index (κ1) is 30.6. The third-order valence-electron chi connectivity index (χ3n) is 7.91. The van der Waals surface area contributed by atoms with Crippen LogP contribution in [-0.2, 0) is 10.2 Å².